The zero-order chi connectivity index (χ0) is 29.2. The van der Waals surface area contributed by atoms with E-state index in [1.165, 1.54) is 12.3 Å². The van der Waals surface area contributed by atoms with Crippen molar-refractivity contribution >= 4 is 21.6 Å². The van der Waals surface area contributed by atoms with Gasteiger partial charge in [-0.2, -0.15) is 0 Å². The van der Waals surface area contributed by atoms with Gasteiger partial charge in [0.05, 0.1) is 6.26 Å². The fraction of sp³-hybridized carbons (Fsp3) is 0.586. The molecule has 0 saturated carbocycles. The van der Waals surface area contributed by atoms with Crippen molar-refractivity contribution in [2.75, 3.05) is 23.0 Å². The third-order valence-electron chi connectivity index (χ3n) is 7.15. The van der Waals surface area contributed by atoms with Crippen molar-refractivity contribution in [3.05, 3.63) is 69.3 Å². The minimum Gasteiger partial charge on any atom is -0.502 e. The molecule has 0 fully saturated rings. The van der Waals surface area contributed by atoms with E-state index in [1.54, 1.807) is 6.08 Å². The molecule has 3 unspecified atom stereocenters. The molecule has 2 heterocycles. The van der Waals surface area contributed by atoms with Crippen LogP contribution in [0.5, 0.6) is 11.5 Å². The summed E-state index contributed by atoms with van der Waals surface area (Å²) in [7, 11) is -2.15. The molecule has 8 nitrogen and oxygen atoms in total. The summed E-state index contributed by atoms with van der Waals surface area (Å²) in [5, 5.41) is 18.9. The Morgan fingerprint density at radius 1 is 0.872 bits per heavy atom. The first-order chi connectivity index (χ1) is 18.2. The van der Waals surface area contributed by atoms with Gasteiger partial charge >= 0.3 is 0 Å². The maximum absolute atomic E-state index is 12.6. The molecule has 0 spiro atoms. The Balaban J connectivity index is 1.71. The molecule has 0 aliphatic carbocycles. The fourth-order valence-corrected chi connectivity index (χ4v) is 7.51. The van der Waals surface area contributed by atoms with Crippen LogP contribution in [0, 0.1) is 10.8 Å². The Bertz CT molecular complexity index is 1260. The van der Waals surface area contributed by atoms with Gasteiger partial charge in [-0.3, -0.25) is 18.0 Å². The Morgan fingerprint density at radius 3 is 2.03 bits per heavy atom. The van der Waals surface area contributed by atoms with Gasteiger partial charge in [-0.1, -0.05) is 33.8 Å². The number of hydrogen-bond donors (Lipinski definition) is 2. The number of aromatic hydroxyl groups is 2. The van der Waals surface area contributed by atoms with Crippen molar-refractivity contribution in [1.29, 1.82) is 0 Å². The number of allylic oxidation sites excluding steroid dienone is 1. The van der Waals surface area contributed by atoms with Gasteiger partial charge in [0, 0.05) is 62.2 Å². The lowest BCUT2D eigenvalue weighted by Gasteiger charge is -2.26. The van der Waals surface area contributed by atoms with Gasteiger partial charge < -0.3 is 19.0 Å². The highest BCUT2D eigenvalue weighted by Crippen LogP contribution is 2.33. The molecule has 3 atom stereocenters. The van der Waals surface area contributed by atoms with Crippen molar-refractivity contribution < 1.29 is 27.5 Å². The third-order valence-corrected chi connectivity index (χ3v) is 10.0. The molecule has 0 aromatic carbocycles. The van der Waals surface area contributed by atoms with Gasteiger partial charge in [0.1, 0.15) is 18.3 Å². The molecule has 2 aromatic heterocycles. The summed E-state index contributed by atoms with van der Waals surface area (Å²) >= 11 is 0. The van der Waals surface area contributed by atoms with E-state index in [-0.39, 0.29) is 16.7 Å². The molecular formula is C29H42O8S2. The molecule has 2 rings (SSSR count). The van der Waals surface area contributed by atoms with E-state index in [4.69, 9.17) is 8.83 Å². The molecule has 0 saturated heterocycles. The van der Waals surface area contributed by atoms with Crippen LogP contribution >= 0.6 is 0 Å². The lowest BCUT2D eigenvalue weighted by atomic mass is 9.82. The predicted octanol–water partition coefficient (Wildman–Crippen LogP) is 5.02. The Kier molecular flexibility index (Phi) is 12.4. The largest absolute Gasteiger partial charge is 0.502 e. The zero-order valence-electron chi connectivity index (χ0n) is 23.4. The average Bonchev–Trinajstić information content (AvgIpc) is 2.88. The van der Waals surface area contributed by atoms with E-state index in [1.807, 2.05) is 0 Å². The molecule has 0 bridgehead atoms. The van der Waals surface area contributed by atoms with Crippen molar-refractivity contribution in [2.24, 2.45) is 10.8 Å². The van der Waals surface area contributed by atoms with Crippen molar-refractivity contribution in [1.82, 2.24) is 0 Å². The first-order valence-corrected chi connectivity index (χ1v) is 16.1. The Morgan fingerprint density at radius 2 is 1.46 bits per heavy atom. The molecular weight excluding hydrogens is 540 g/mol. The molecule has 0 radical (unpaired) electrons. The fourth-order valence-electron chi connectivity index (χ4n) is 4.05. The summed E-state index contributed by atoms with van der Waals surface area (Å²) in [4.78, 5) is 23.7. The molecule has 39 heavy (non-hydrogen) atoms. The maximum Gasteiger partial charge on any atom is 0.229 e. The van der Waals surface area contributed by atoms with E-state index >= 15 is 0 Å². The lowest BCUT2D eigenvalue weighted by Crippen LogP contribution is -2.21. The van der Waals surface area contributed by atoms with Crippen LogP contribution in [0.1, 0.15) is 77.0 Å². The van der Waals surface area contributed by atoms with Crippen LogP contribution in [0.15, 0.2) is 55.9 Å². The minimum atomic E-state index is -1.08. The second-order valence-electron chi connectivity index (χ2n) is 11.5. The van der Waals surface area contributed by atoms with E-state index in [2.05, 4.69) is 34.3 Å². The maximum atomic E-state index is 12.6. The normalized spacial score (nSPS) is 14.6. The molecule has 0 aliphatic rings. The number of hydrogen-bond acceptors (Lipinski definition) is 8. The van der Waals surface area contributed by atoms with Gasteiger partial charge in [0.25, 0.3) is 0 Å². The highest BCUT2D eigenvalue weighted by Gasteiger charge is 2.23. The molecule has 0 aliphatic heterocycles. The molecule has 2 aromatic rings. The van der Waals surface area contributed by atoms with Crippen LogP contribution in [0.3, 0.4) is 0 Å². The monoisotopic (exact) mass is 582 g/mol. The smallest absolute Gasteiger partial charge is 0.229 e. The van der Waals surface area contributed by atoms with Gasteiger partial charge in [-0.25, -0.2) is 0 Å². The topological polar surface area (TPSA) is 135 Å². The van der Waals surface area contributed by atoms with E-state index < -0.39 is 44.0 Å². The summed E-state index contributed by atoms with van der Waals surface area (Å²) in [6.07, 6.45) is 9.25. The standard InChI is InChI=1S/C29H42O8S2/c1-6-21(26-17-23(30)24(31)20-37-26)7-9-28(2,3)11-13-38(34)15-16-39(35)14-12-29(4,5)10-8-22-18-36-19-25(32)27(22)33/h6,17-21,31-32H,1,7-16H2,2-5H3. The number of rotatable bonds is 17. The number of aryl methyl sites for hydroxylation is 1. The molecule has 0 amide bonds. The van der Waals surface area contributed by atoms with Crippen LogP contribution in [0.4, 0.5) is 0 Å². The van der Waals surface area contributed by atoms with E-state index in [9.17, 15) is 28.2 Å². The SMILES string of the molecule is C=CC(CCC(C)(C)CCS(=O)CCS(=O)CCC(C)(C)CCc1cocc(O)c1=O)c1cc(=O)c(O)co1. The summed E-state index contributed by atoms with van der Waals surface area (Å²) in [5.41, 5.74) is -0.722. The molecule has 2 N–H and O–H groups in total. The van der Waals surface area contributed by atoms with Crippen LogP contribution in [-0.2, 0) is 28.0 Å². The van der Waals surface area contributed by atoms with Gasteiger partial charge in [0.2, 0.25) is 10.9 Å². The molecule has 10 heteroatoms. The summed E-state index contributed by atoms with van der Waals surface area (Å²) in [5.74, 6) is 1.28. The minimum absolute atomic E-state index is 0.0932. The summed E-state index contributed by atoms with van der Waals surface area (Å²) in [6, 6.07) is 1.29. The van der Waals surface area contributed by atoms with E-state index in [0.29, 0.717) is 60.0 Å². The van der Waals surface area contributed by atoms with Crippen LogP contribution in [0.2, 0.25) is 0 Å². The average molecular weight is 583 g/mol. The third kappa shape index (κ3) is 11.3. The van der Waals surface area contributed by atoms with Crippen molar-refractivity contribution in [3.63, 3.8) is 0 Å². The second-order valence-corrected chi connectivity index (χ2v) is 14.9. The highest BCUT2D eigenvalue weighted by molar-refractivity contribution is 7.88. The van der Waals surface area contributed by atoms with Crippen LogP contribution < -0.4 is 10.9 Å². The Hall–Kier alpha value is -2.46. The second kappa shape index (κ2) is 14.8. The summed E-state index contributed by atoms with van der Waals surface area (Å²) < 4.78 is 35.6. The lowest BCUT2D eigenvalue weighted by molar-refractivity contribution is 0.301. The van der Waals surface area contributed by atoms with Gasteiger partial charge in [0.15, 0.2) is 11.5 Å². The summed E-state index contributed by atoms with van der Waals surface area (Å²) in [6.45, 7) is 12.2. The zero-order valence-corrected chi connectivity index (χ0v) is 25.0. The Labute approximate surface area is 235 Å². The van der Waals surface area contributed by atoms with Gasteiger partial charge in [-0.15, -0.1) is 6.58 Å². The van der Waals surface area contributed by atoms with E-state index in [0.717, 1.165) is 25.4 Å². The first kappa shape index (κ1) is 32.8. The molecule has 218 valence electrons. The highest BCUT2D eigenvalue weighted by atomic mass is 32.2. The van der Waals surface area contributed by atoms with Crippen LogP contribution in [0.25, 0.3) is 0 Å². The van der Waals surface area contributed by atoms with Crippen molar-refractivity contribution in [3.8, 4) is 11.5 Å². The quantitative estimate of drug-likeness (QED) is 0.248. The first-order valence-electron chi connectivity index (χ1n) is 13.2. The predicted molar refractivity (Wildman–Crippen MR) is 156 cm³/mol. The van der Waals surface area contributed by atoms with Gasteiger partial charge in [-0.05, 0) is 49.4 Å². The van der Waals surface area contributed by atoms with Crippen LogP contribution in [-0.4, -0.2) is 41.6 Å². The van der Waals surface area contributed by atoms with Crippen molar-refractivity contribution in [2.45, 2.75) is 72.1 Å².